The summed E-state index contributed by atoms with van der Waals surface area (Å²) in [5, 5.41) is 0. The lowest BCUT2D eigenvalue weighted by Gasteiger charge is -2.16. The third-order valence-electron chi connectivity index (χ3n) is 2.87. The van der Waals surface area contributed by atoms with Crippen molar-refractivity contribution in [2.45, 2.75) is 46.0 Å². The third-order valence-corrected chi connectivity index (χ3v) is 2.87. The molecule has 2 N–H and O–H groups in total. The molecule has 1 rings (SSSR count). The highest BCUT2D eigenvalue weighted by molar-refractivity contribution is 5.26. The zero-order valence-electron chi connectivity index (χ0n) is 8.90. The Morgan fingerprint density at radius 2 is 2.00 bits per heavy atom. The Balaban J connectivity index is 2.30. The lowest BCUT2D eigenvalue weighted by molar-refractivity contribution is 0.721. The Labute approximate surface area is 81.7 Å². The number of hydrogen-bond donors (Lipinski definition) is 1. The van der Waals surface area contributed by atoms with Gasteiger partial charge in [-0.1, -0.05) is 22.8 Å². The summed E-state index contributed by atoms with van der Waals surface area (Å²) in [7, 11) is 0. The standard InChI is InChI=1S/C12H21N/c1-10-6-7-12(9-11(10)2)5-3-4-8-13/h7H,3-6,8-9,13H2,1-2H3. The van der Waals surface area contributed by atoms with Crippen LogP contribution in [0, 0.1) is 0 Å². The maximum atomic E-state index is 5.46. The van der Waals surface area contributed by atoms with Crippen molar-refractivity contribution >= 4 is 0 Å². The van der Waals surface area contributed by atoms with Crippen molar-refractivity contribution in [3.05, 3.63) is 22.8 Å². The highest BCUT2D eigenvalue weighted by Crippen LogP contribution is 2.26. The van der Waals surface area contributed by atoms with Crippen molar-refractivity contribution in [3.8, 4) is 0 Å². The molecule has 0 aromatic heterocycles. The molecule has 1 aliphatic carbocycles. The quantitative estimate of drug-likeness (QED) is 0.520. The summed E-state index contributed by atoms with van der Waals surface area (Å²) < 4.78 is 0. The molecule has 0 fully saturated rings. The molecule has 0 unspecified atom stereocenters. The molecule has 0 amide bonds. The SMILES string of the molecule is CC1=C(C)CC(CCCCN)=CC1. The fourth-order valence-electron chi connectivity index (χ4n) is 1.72. The van der Waals surface area contributed by atoms with Crippen LogP contribution < -0.4 is 5.73 Å². The van der Waals surface area contributed by atoms with Gasteiger partial charge in [0.05, 0.1) is 0 Å². The normalized spacial score (nSPS) is 17.6. The van der Waals surface area contributed by atoms with Crippen LogP contribution in [0.2, 0.25) is 0 Å². The maximum absolute atomic E-state index is 5.46. The van der Waals surface area contributed by atoms with E-state index in [1.165, 1.54) is 32.1 Å². The van der Waals surface area contributed by atoms with E-state index in [1.54, 1.807) is 16.7 Å². The number of hydrogen-bond acceptors (Lipinski definition) is 1. The highest BCUT2D eigenvalue weighted by atomic mass is 14.5. The lowest BCUT2D eigenvalue weighted by atomic mass is 9.91. The van der Waals surface area contributed by atoms with Gasteiger partial charge in [-0.2, -0.15) is 0 Å². The Bertz CT molecular complexity index is 223. The number of nitrogens with two attached hydrogens (primary N) is 1. The molecule has 1 nitrogen and oxygen atoms in total. The van der Waals surface area contributed by atoms with E-state index in [0.29, 0.717) is 0 Å². The number of rotatable bonds is 4. The van der Waals surface area contributed by atoms with E-state index in [2.05, 4.69) is 19.9 Å². The minimum atomic E-state index is 0.834. The minimum absolute atomic E-state index is 0.834. The molecule has 0 aromatic carbocycles. The highest BCUT2D eigenvalue weighted by Gasteiger charge is 2.06. The van der Waals surface area contributed by atoms with E-state index >= 15 is 0 Å². The van der Waals surface area contributed by atoms with Gasteiger partial charge in [0, 0.05) is 0 Å². The molecule has 13 heavy (non-hydrogen) atoms. The van der Waals surface area contributed by atoms with Gasteiger partial charge in [-0.3, -0.25) is 0 Å². The summed E-state index contributed by atoms with van der Waals surface area (Å²) in [6.45, 7) is 5.33. The average Bonchev–Trinajstić information content (AvgIpc) is 2.12. The monoisotopic (exact) mass is 179 g/mol. The van der Waals surface area contributed by atoms with Crippen LogP contribution in [-0.2, 0) is 0 Å². The zero-order chi connectivity index (χ0) is 9.68. The molecule has 0 saturated heterocycles. The van der Waals surface area contributed by atoms with E-state index in [0.717, 1.165) is 6.54 Å². The van der Waals surface area contributed by atoms with Crippen LogP contribution in [0.5, 0.6) is 0 Å². The molecule has 1 heteroatoms. The molecule has 0 spiro atoms. The van der Waals surface area contributed by atoms with Crippen molar-refractivity contribution in [2.75, 3.05) is 6.54 Å². The summed E-state index contributed by atoms with van der Waals surface area (Å²) in [5.41, 5.74) is 10.2. The predicted octanol–water partition coefficient (Wildman–Crippen LogP) is 3.17. The van der Waals surface area contributed by atoms with Crippen LogP contribution in [0.3, 0.4) is 0 Å². The average molecular weight is 179 g/mol. The van der Waals surface area contributed by atoms with E-state index in [9.17, 15) is 0 Å². The van der Waals surface area contributed by atoms with Gasteiger partial charge in [-0.05, 0) is 52.5 Å². The van der Waals surface area contributed by atoms with E-state index in [1.807, 2.05) is 0 Å². The first kappa shape index (κ1) is 10.5. The summed E-state index contributed by atoms with van der Waals surface area (Å²) >= 11 is 0. The molecule has 0 atom stereocenters. The van der Waals surface area contributed by atoms with Gasteiger partial charge >= 0.3 is 0 Å². The van der Waals surface area contributed by atoms with Crippen molar-refractivity contribution in [2.24, 2.45) is 5.73 Å². The predicted molar refractivity (Wildman–Crippen MR) is 58.6 cm³/mol. The molecule has 0 radical (unpaired) electrons. The molecule has 0 saturated carbocycles. The molecular formula is C12H21N. The number of unbranched alkanes of at least 4 members (excludes halogenated alkanes) is 1. The molecule has 74 valence electrons. The maximum Gasteiger partial charge on any atom is -0.00772 e. The largest absolute Gasteiger partial charge is 0.330 e. The zero-order valence-corrected chi connectivity index (χ0v) is 8.90. The topological polar surface area (TPSA) is 26.0 Å². The van der Waals surface area contributed by atoms with Crippen LogP contribution in [0.4, 0.5) is 0 Å². The van der Waals surface area contributed by atoms with Crippen molar-refractivity contribution in [3.63, 3.8) is 0 Å². The van der Waals surface area contributed by atoms with E-state index in [-0.39, 0.29) is 0 Å². The van der Waals surface area contributed by atoms with E-state index < -0.39 is 0 Å². The second-order valence-electron chi connectivity index (χ2n) is 4.05. The van der Waals surface area contributed by atoms with Crippen LogP contribution in [0.25, 0.3) is 0 Å². The van der Waals surface area contributed by atoms with Gasteiger partial charge in [-0.25, -0.2) is 0 Å². The molecule has 0 heterocycles. The van der Waals surface area contributed by atoms with Crippen LogP contribution in [-0.4, -0.2) is 6.54 Å². The molecule has 0 bridgehead atoms. The molecule has 0 aliphatic heterocycles. The summed E-state index contributed by atoms with van der Waals surface area (Å²) in [6.07, 6.45) is 8.45. The van der Waals surface area contributed by atoms with Gasteiger partial charge in [0.15, 0.2) is 0 Å². The first-order chi connectivity index (χ1) is 6.24. The van der Waals surface area contributed by atoms with Gasteiger partial charge in [0.1, 0.15) is 0 Å². The summed E-state index contributed by atoms with van der Waals surface area (Å²) in [4.78, 5) is 0. The Morgan fingerprint density at radius 1 is 1.23 bits per heavy atom. The van der Waals surface area contributed by atoms with Gasteiger partial charge in [0.25, 0.3) is 0 Å². The Hall–Kier alpha value is -0.560. The van der Waals surface area contributed by atoms with Crippen LogP contribution in [0.1, 0.15) is 46.0 Å². The Morgan fingerprint density at radius 3 is 2.62 bits per heavy atom. The van der Waals surface area contributed by atoms with Crippen LogP contribution in [0.15, 0.2) is 22.8 Å². The third kappa shape index (κ3) is 3.35. The molecule has 1 aliphatic rings. The van der Waals surface area contributed by atoms with Crippen LogP contribution >= 0.6 is 0 Å². The van der Waals surface area contributed by atoms with Gasteiger partial charge in [0.2, 0.25) is 0 Å². The summed E-state index contributed by atoms with van der Waals surface area (Å²) in [6, 6.07) is 0. The second-order valence-corrected chi connectivity index (χ2v) is 4.05. The number of allylic oxidation sites excluding steroid dienone is 4. The minimum Gasteiger partial charge on any atom is -0.330 e. The first-order valence-corrected chi connectivity index (χ1v) is 5.27. The molecular weight excluding hydrogens is 158 g/mol. The fraction of sp³-hybridized carbons (Fsp3) is 0.667. The fourth-order valence-corrected chi connectivity index (χ4v) is 1.72. The van der Waals surface area contributed by atoms with Crippen molar-refractivity contribution < 1.29 is 0 Å². The lowest BCUT2D eigenvalue weighted by Crippen LogP contribution is -2.00. The van der Waals surface area contributed by atoms with Crippen molar-refractivity contribution in [1.82, 2.24) is 0 Å². The summed E-state index contributed by atoms with van der Waals surface area (Å²) in [5.74, 6) is 0. The van der Waals surface area contributed by atoms with E-state index in [4.69, 9.17) is 5.73 Å². The van der Waals surface area contributed by atoms with Gasteiger partial charge in [-0.15, -0.1) is 0 Å². The second kappa shape index (κ2) is 5.23. The van der Waals surface area contributed by atoms with Gasteiger partial charge < -0.3 is 5.73 Å². The first-order valence-electron chi connectivity index (χ1n) is 5.27. The smallest absolute Gasteiger partial charge is 0.00772 e. The van der Waals surface area contributed by atoms with Crippen molar-refractivity contribution in [1.29, 1.82) is 0 Å². The Kier molecular flexibility index (Phi) is 4.23. The molecule has 0 aromatic rings.